The van der Waals surface area contributed by atoms with Crippen LogP contribution in [0.25, 0.3) is 0 Å². The number of nitrogens with zero attached hydrogens (tertiary/aromatic N) is 2. The number of nitrogens with one attached hydrogen (secondary N) is 1. The second kappa shape index (κ2) is 8.75. The molecule has 34 heavy (non-hydrogen) atoms. The largest absolute Gasteiger partial charge is 0.433 e. The summed E-state index contributed by atoms with van der Waals surface area (Å²) in [5.74, 6) is -1.37. The minimum atomic E-state index is -3.17. The average molecular weight is 499 g/mol. The van der Waals surface area contributed by atoms with Crippen molar-refractivity contribution in [2.24, 2.45) is 10.7 Å². The van der Waals surface area contributed by atoms with Crippen molar-refractivity contribution in [3.05, 3.63) is 53.1 Å². The number of ether oxygens (including phenoxy) is 1. The van der Waals surface area contributed by atoms with Crippen molar-refractivity contribution in [3.63, 3.8) is 0 Å². The number of benzene rings is 1. The van der Waals surface area contributed by atoms with Gasteiger partial charge >= 0.3 is 6.61 Å². The van der Waals surface area contributed by atoms with Crippen LogP contribution in [-0.2, 0) is 5.54 Å². The molecule has 5 N–H and O–H groups in total. The number of carbonyl (C=O) groups excluding carboxylic acids is 1. The number of amides is 1. The molecule has 2 aromatic rings. The van der Waals surface area contributed by atoms with Crippen LogP contribution in [0, 0.1) is 12.7 Å². The molecule has 3 atom stereocenters. The Kier molecular flexibility index (Phi) is 6.25. The van der Waals surface area contributed by atoms with Gasteiger partial charge in [0, 0.05) is 11.3 Å². The van der Waals surface area contributed by atoms with Crippen LogP contribution in [0.2, 0.25) is 0 Å². The van der Waals surface area contributed by atoms with E-state index in [1.54, 1.807) is 6.92 Å². The number of hydrogen-bond acceptors (Lipinski definition) is 7. The number of hydrogen-bond donors (Lipinski definition) is 4. The first-order chi connectivity index (χ1) is 15.9. The summed E-state index contributed by atoms with van der Waals surface area (Å²) in [5, 5.41) is 1.25. The molecule has 0 unspecified atom stereocenters. The van der Waals surface area contributed by atoms with Gasteiger partial charge in [0.25, 0.3) is 5.91 Å². The van der Waals surface area contributed by atoms with Gasteiger partial charge in [0.1, 0.15) is 33.9 Å². The van der Waals surface area contributed by atoms with Crippen LogP contribution >= 0.6 is 10.6 Å². The lowest BCUT2D eigenvalue weighted by Crippen LogP contribution is -2.54. The SMILES string of the molecule is Cc1cc(OC(F)F)cnc1C(=O)Nc1ccc(F)c([C@@]2(C)N=C(N)[C@@H]3CCC[C@H]2S3(O)O)c1. The van der Waals surface area contributed by atoms with Gasteiger partial charge in [0.15, 0.2) is 0 Å². The summed E-state index contributed by atoms with van der Waals surface area (Å²) in [6.07, 6.45) is 2.66. The van der Waals surface area contributed by atoms with Crippen LogP contribution in [0.3, 0.4) is 0 Å². The molecular weight excluding hydrogens is 473 g/mol. The molecule has 4 rings (SSSR count). The average Bonchev–Trinajstić information content (AvgIpc) is 2.72. The van der Waals surface area contributed by atoms with Gasteiger partial charge in [-0.05, 0) is 62.9 Å². The monoisotopic (exact) mass is 498 g/mol. The van der Waals surface area contributed by atoms with Crippen molar-refractivity contribution >= 4 is 28.0 Å². The molecule has 2 aliphatic heterocycles. The summed E-state index contributed by atoms with van der Waals surface area (Å²) >= 11 is 0. The number of fused-ring (bicyclic) bond motifs is 2. The van der Waals surface area contributed by atoms with Crippen LogP contribution in [0.1, 0.15) is 47.8 Å². The summed E-state index contributed by atoms with van der Waals surface area (Å²) in [7, 11) is -3.17. The van der Waals surface area contributed by atoms with Crippen LogP contribution in [0.15, 0.2) is 35.5 Å². The van der Waals surface area contributed by atoms with Gasteiger partial charge in [-0.15, -0.1) is 0 Å². The highest BCUT2D eigenvalue weighted by atomic mass is 32.3. The predicted molar refractivity (Wildman–Crippen MR) is 123 cm³/mol. The molecule has 1 fully saturated rings. The topological polar surface area (TPSA) is 130 Å². The Morgan fingerprint density at radius 3 is 2.74 bits per heavy atom. The number of rotatable bonds is 5. The summed E-state index contributed by atoms with van der Waals surface area (Å²) in [6.45, 7) is 0.105. The van der Waals surface area contributed by atoms with E-state index < -0.39 is 45.0 Å². The third kappa shape index (κ3) is 4.21. The molecule has 0 spiro atoms. The van der Waals surface area contributed by atoms with E-state index in [2.05, 4.69) is 20.0 Å². The van der Waals surface area contributed by atoms with Gasteiger partial charge in [0.2, 0.25) is 0 Å². The maximum absolute atomic E-state index is 15.0. The number of aryl methyl sites for hydroxylation is 1. The fourth-order valence-corrected chi connectivity index (χ4v) is 7.45. The Labute approximate surface area is 195 Å². The molecule has 2 aliphatic rings. The molecule has 0 aliphatic carbocycles. The summed E-state index contributed by atoms with van der Waals surface area (Å²) < 4.78 is 65.9. The molecule has 8 nitrogen and oxygen atoms in total. The first kappa shape index (κ1) is 24.3. The number of anilines is 1. The molecule has 2 bridgehead atoms. The van der Waals surface area contributed by atoms with Gasteiger partial charge in [-0.25, -0.2) is 9.37 Å². The molecule has 1 amide bonds. The minimum absolute atomic E-state index is 0.0251. The van der Waals surface area contributed by atoms with E-state index in [0.717, 1.165) is 12.3 Å². The molecule has 0 radical (unpaired) electrons. The molecule has 1 aromatic heterocycles. The Morgan fingerprint density at radius 2 is 2.06 bits per heavy atom. The zero-order valence-corrected chi connectivity index (χ0v) is 19.3. The third-order valence-electron chi connectivity index (χ3n) is 6.35. The molecule has 3 heterocycles. The van der Waals surface area contributed by atoms with Crippen molar-refractivity contribution < 1.29 is 31.8 Å². The summed E-state index contributed by atoms with van der Waals surface area (Å²) in [6, 6.07) is 5.15. The highest BCUT2D eigenvalue weighted by molar-refractivity contribution is 8.26. The van der Waals surface area contributed by atoms with Gasteiger partial charge < -0.3 is 15.8 Å². The molecule has 1 aromatic carbocycles. The molecular formula is C22H25F3N4O4S. The fraction of sp³-hybridized carbons (Fsp3) is 0.409. The van der Waals surface area contributed by atoms with Crippen LogP contribution in [0.5, 0.6) is 5.75 Å². The van der Waals surface area contributed by atoms with Crippen LogP contribution in [-0.4, -0.2) is 42.9 Å². The van der Waals surface area contributed by atoms with Crippen molar-refractivity contribution in [1.82, 2.24) is 4.98 Å². The number of halogens is 3. The number of pyridine rings is 1. The number of aliphatic imine (C=N–C) groups is 1. The maximum atomic E-state index is 15.0. The van der Waals surface area contributed by atoms with E-state index in [0.29, 0.717) is 24.8 Å². The number of nitrogens with two attached hydrogens (primary N) is 1. The Morgan fingerprint density at radius 1 is 1.32 bits per heavy atom. The van der Waals surface area contributed by atoms with Crippen LogP contribution < -0.4 is 15.8 Å². The first-order valence-corrected chi connectivity index (χ1v) is 12.2. The lowest BCUT2D eigenvalue weighted by molar-refractivity contribution is -0.0501. The van der Waals surface area contributed by atoms with Crippen molar-refractivity contribution in [1.29, 1.82) is 0 Å². The van der Waals surface area contributed by atoms with E-state index in [9.17, 15) is 22.7 Å². The van der Waals surface area contributed by atoms with Gasteiger partial charge in [-0.1, -0.05) is 0 Å². The Bertz CT molecular complexity index is 1160. The van der Waals surface area contributed by atoms with E-state index in [1.165, 1.54) is 25.1 Å². The second-order valence-electron chi connectivity index (χ2n) is 8.60. The lowest BCUT2D eigenvalue weighted by Gasteiger charge is -2.57. The maximum Gasteiger partial charge on any atom is 0.387 e. The minimum Gasteiger partial charge on any atom is -0.433 e. The fourth-order valence-electron chi connectivity index (χ4n) is 4.76. The molecule has 184 valence electrons. The van der Waals surface area contributed by atoms with Crippen LogP contribution in [0.4, 0.5) is 18.9 Å². The normalized spacial score (nSPS) is 26.5. The third-order valence-corrected chi connectivity index (χ3v) is 9.20. The van der Waals surface area contributed by atoms with E-state index in [4.69, 9.17) is 5.73 Å². The number of carbonyl (C=O) groups is 1. The zero-order valence-electron chi connectivity index (χ0n) is 18.5. The molecule has 1 saturated heterocycles. The Hall–Kier alpha value is -2.83. The van der Waals surface area contributed by atoms with Crippen molar-refractivity contribution in [3.8, 4) is 5.75 Å². The highest BCUT2D eigenvalue weighted by Gasteiger charge is 2.54. The number of amidine groups is 1. The zero-order chi connectivity index (χ0) is 24.8. The van der Waals surface area contributed by atoms with E-state index in [-0.39, 0.29) is 28.5 Å². The number of aromatic nitrogens is 1. The smallest absolute Gasteiger partial charge is 0.387 e. The molecule has 12 heteroatoms. The lowest BCUT2D eigenvalue weighted by atomic mass is 9.84. The number of alkyl halides is 2. The van der Waals surface area contributed by atoms with Gasteiger partial charge in [-0.2, -0.15) is 19.4 Å². The van der Waals surface area contributed by atoms with Gasteiger partial charge in [-0.3, -0.25) is 18.9 Å². The molecule has 0 saturated carbocycles. The summed E-state index contributed by atoms with van der Waals surface area (Å²) in [5.41, 5.74) is 5.30. The quantitative estimate of drug-likeness (QED) is 0.475. The van der Waals surface area contributed by atoms with Crippen molar-refractivity contribution in [2.75, 3.05) is 5.32 Å². The van der Waals surface area contributed by atoms with Gasteiger partial charge in [0.05, 0.1) is 11.4 Å². The predicted octanol–water partition coefficient (Wildman–Crippen LogP) is 4.64. The highest BCUT2D eigenvalue weighted by Crippen LogP contribution is 2.64. The first-order valence-electron chi connectivity index (χ1n) is 10.6. The second-order valence-corrected chi connectivity index (χ2v) is 11.0. The summed E-state index contributed by atoms with van der Waals surface area (Å²) in [4.78, 5) is 21.2. The van der Waals surface area contributed by atoms with E-state index >= 15 is 4.39 Å². The standard InChI is InChI=1S/C22H25F3N4O4S/c1-11-8-13(33-21(24)25)10-27-18(11)20(30)28-12-6-7-15(23)14(9-12)22(2)17-5-3-4-16(19(26)29-22)34(17,31)32/h6-10,16-17,21,31-32H,3-5H2,1-2H3,(H2,26,29)(H,28,30)/t16-,17+,22+/m0/s1. The Balaban J connectivity index is 1.65. The van der Waals surface area contributed by atoms with Crippen molar-refractivity contribution in [2.45, 2.75) is 55.8 Å². The van der Waals surface area contributed by atoms with E-state index in [1.807, 2.05) is 0 Å².